The van der Waals surface area contributed by atoms with Crippen molar-refractivity contribution in [1.82, 2.24) is 0 Å². The predicted octanol–water partition coefficient (Wildman–Crippen LogP) is 7.18. The molecular formula is C21H16Br2. The summed E-state index contributed by atoms with van der Waals surface area (Å²) in [7, 11) is 0. The molecule has 0 radical (unpaired) electrons. The van der Waals surface area contributed by atoms with Gasteiger partial charge in [0.2, 0.25) is 0 Å². The zero-order chi connectivity index (χ0) is 16.2. The third-order valence-electron chi connectivity index (χ3n) is 4.78. The molecule has 0 aliphatic heterocycles. The third-order valence-corrected chi connectivity index (χ3v) is 5.70. The molecule has 0 heterocycles. The van der Waals surface area contributed by atoms with Gasteiger partial charge in [0.05, 0.1) is 0 Å². The van der Waals surface area contributed by atoms with Gasteiger partial charge in [-0.3, -0.25) is 0 Å². The zero-order valence-corrected chi connectivity index (χ0v) is 16.2. The molecule has 0 unspecified atom stereocenters. The van der Waals surface area contributed by atoms with Crippen LogP contribution in [0.3, 0.4) is 0 Å². The molecule has 0 bridgehead atoms. The van der Waals surface area contributed by atoms with Gasteiger partial charge in [0.15, 0.2) is 0 Å². The van der Waals surface area contributed by atoms with E-state index in [1.807, 2.05) is 0 Å². The summed E-state index contributed by atoms with van der Waals surface area (Å²) >= 11 is 7.23. The lowest BCUT2D eigenvalue weighted by atomic mass is 9.82. The lowest BCUT2D eigenvalue weighted by Crippen LogP contribution is -2.14. The normalized spacial score (nSPS) is 14.4. The van der Waals surface area contributed by atoms with Crippen molar-refractivity contribution in [2.45, 2.75) is 19.3 Å². The molecule has 0 atom stereocenters. The summed E-state index contributed by atoms with van der Waals surface area (Å²) in [5.41, 5.74) is 8.13. The Hall–Kier alpha value is -1.38. The molecule has 3 aromatic rings. The Labute approximate surface area is 153 Å². The summed E-state index contributed by atoms with van der Waals surface area (Å²) in [4.78, 5) is 0. The number of fused-ring (bicyclic) bond motifs is 3. The van der Waals surface area contributed by atoms with E-state index in [0.717, 1.165) is 8.95 Å². The Morgan fingerprint density at radius 3 is 2.04 bits per heavy atom. The molecule has 0 saturated carbocycles. The Morgan fingerprint density at radius 2 is 1.30 bits per heavy atom. The zero-order valence-electron chi connectivity index (χ0n) is 13.0. The van der Waals surface area contributed by atoms with Crippen LogP contribution in [0.1, 0.15) is 25.0 Å². The minimum Gasteiger partial charge on any atom is -0.0619 e. The number of benzene rings is 3. The molecule has 0 amide bonds. The summed E-state index contributed by atoms with van der Waals surface area (Å²) in [5, 5.41) is 0. The maximum atomic E-state index is 3.62. The van der Waals surface area contributed by atoms with Crippen molar-refractivity contribution >= 4 is 31.9 Å². The summed E-state index contributed by atoms with van der Waals surface area (Å²) in [6.45, 7) is 4.64. The molecule has 0 fully saturated rings. The molecule has 114 valence electrons. The van der Waals surface area contributed by atoms with Crippen molar-refractivity contribution in [3.8, 4) is 22.3 Å². The highest BCUT2D eigenvalue weighted by atomic mass is 79.9. The lowest BCUT2D eigenvalue weighted by Gasteiger charge is -2.21. The van der Waals surface area contributed by atoms with E-state index < -0.39 is 0 Å². The van der Waals surface area contributed by atoms with Gasteiger partial charge in [-0.15, -0.1) is 0 Å². The largest absolute Gasteiger partial charge is 0.0619 e. The molecule has 1 aliphatic carbocycles. The summed E-state index contributed by atoms with van der Waals surface area (Å²) in [5.74, 6) is 0. The van der Waals surface area contributed by atoms with E-state index in [2.05, 4.69) is 106 Å². The van der Waals surface area contributed by atoms with Crippen LogP contribution < -0.4 is 0 Å². The van der Waals surface area contributed by atoms with Gasteiger partial charge in [0.1, 0.15) is 0 Å². The van der Waals surface area contributed by atoms with Crippen molar-refractivity contribution < 1.29 is 0 Å². The second-order valence-electron chi connectivity index (χ2n) is 6.56. The highest BCUT2D eigenvalue weighted by Crippen LogP contribution is 2.52. The molecular weight excluding hydrogens is 412 g/mol. The Balaban J connectivity index is 2.06. The quantitative estimate of drug-likeness (QED) is 0.385. The van der Waals surface area contributed by atoms with E-state index in [9.17, 15) is 0 Å². The van der Waals surface area contributed by atoms with E-state index >= 15 is 0 Å². The van der Waals surface area contributed by atoms with Crippen LogP contribution in [0.4, 0.5) is 0 Å². The van der Waals surface area contributed by atoms with Crippen molar-refractivity contribution in [2.75, 3.05) is 0 Å². The molecule has 0 aromatic heterocycles. The molecule has 4 rings (SSSR count). The van der Waals surface area contributed by atoms with E-state index in [0.29, 0.717) is 0 Å². The standard InChI is InChI=1S/C21H16Br2/c1-21(2)18-8-4-3-6-17(18)20-16(7-5-9-19(20)21)13-10-14(22)12-15(23)11-13/h3-12H,1-2H3. The fourth-order valence-corrected chi connectivity index (χ4v) is 5.00. The van der Waals surface area contributed by atoms with Crippen LogP contribution in [-0.2, 0) is 5.41 Å². The summed E-state index contributed by atoms with van der Waals surface area (Å²) < 4.78 is 2.18. The van der Waals surface area contributed by atoms with Crippen LogP contribution in [-0.4, -0.2) is 0 Å². The van der Waals surface area contributed by atoms with Gasteiger partial charge in [-0.05, 0) is 51.6 Å². The van der Waals surface area contributed by atoms with Crippen molar-refractivity contribution in [3.05, 3.63) is 80.7 Å². The van der Waals surface area contributed by atoms with E-state index in [4.69, 9.17) is 0 Å². The summed E-state index contributed by atoms with van der Waals surface area (Å²) in [6, 6.07) is 21.9. The maximum Gasteiger partial charge on any atom is 0.0192 e. The first-order valence-corrected chi connectivity index (χ1v) is 9.27. The second-order valence-corrected chi connectivity index (χ2v) is 8.39. The van der Waals surface area contributed by atoms with Gasteiger partial charge < -0.3 is 0 Å². The van der Waals surface area contributed by atoms with Gasteiger partial charge in [-0.1, -0.05) is 88.2 Å². The average Bonchev–Trinajstić information content (AvgIpc) is 2.75. The number of halogens is 2. The van der Waals surface area contributed by atoms with Gasteiger partial charge >= 0.3 is 0 Å². The SMILES string of the molecule is CC1(C)c2ccccc2-c2c(-c3cc(Br)cc(Br)c3)cccc21. The highest BCUT2D eigenvalue weighted by molar-refractivity contribution is 9.11. The smallest absolute Gasteiger partial charge is 0.0192 e. The Bertz CT molecular complexity index is 903. The van der Waals surface area contributed by atoms with Gasteiger partial charge in [-0.25, -0.2) is 0 Å². The number of hydrogen-bond acceptors (Lipinski definition) is 0. The van der Waals surface area contributed by atoms with E-state index in [1.54, 1.807) is 0 Å². The fourth-order valence-electron chi connectivity index (χ4n) is 3.70. The molecule has 0 saturated heterocycles. The minimum absolute atomic E-state index is 0.0468. The Morgan fingerprint density at radius 1 is 0.696 bits per heavy atom. The van der Waals surface area contributed by atoms with Gasteiger partial charge in [0.25, 0.3) is 0 Å². The van der Waals surface area contributed by atoms with Crippen molar-refractivity contribution in [2.24, 2.45) is 0 Å². The van der Waals surface area contributed by atoms with Crippen molar-refractivity contribution in [1.29, 1.82) is 0 Å². The fraction of sp³-hybridized carbons (Fsp3) is 0.143. The number of rotatable bonds is 1. The first-order chi connectivity index (χ1) is 11.0. The third kappa shape index (κ3) is 2.31. The van der Waals surface area contributed by atoms with Crippen LogP contribution in [0.15, 0.2) is 69.6 Å². The number of hydrogen-bond donors (Lipinski definition) is 0. The van der Waals surface area contributed by atoms with Crippen LogP contribution in [0.5, 0.6) is 0 Å². The predicted molar refractivity (Wildman–Crippen MR) is 105 cm³/mol. The maximum absolute atomic E-state index is 3.62. The van der Waals surface area contributed by atoms with Crippen LogP contribution in [0.2, 0.25) is 0 Å². The molecule has 2 heteroatoms. The monoisotopic (exact) mass is 426 g/mol. The molecule has 0 N–H and O–H groups in total. The first-order valence-electron chi connectivity index (χ1n) is 7.68. The molecule has 0 spiro atoms. The van der Waals surface area contributed by atoms with Crippen LogP contribution in [0.25, 0.3) is 22.3 Å². The van der Waals surface area contributed by atoms with Crippen LogP contribution >= 0.6 is 31.9 Å². The van der Waals surface area contributed by atoms with E-state index in [-0.39, 0.29) is 5.41 Å². The minimum atomic E-state index is 0.0468. The van der Waals surface area contributed by atoms with Gasteiger partial charge in [0, 0.05) is 14.4 Å². The molecule has 23 heavy (non-hydrogen) atoms. The Kier molecular flexibility index (Phi) is 3.51. The summed E-state index contributed by atoms with van der Waals surface area (Å²) in [6.07, 6.45) is 0. The second kappa shape index (κ2) is 5.32. The first kappa shape index (κ1) is 15.2. The van der Waals surface area contributed by atoms with Crippen LogP contribution in [0, 0.1) is 0 Å². The van der Waals surface area contributed by atoms with Crippen molar-refractivity contribution in [3.63, 3.8) is 0 Å². The molecule has 1 aliphatic rings. The van der Waals surface area contributed by atoms with Gasteiger partial charge in [-0.2, -0.15) is 0 Å². The topological polar surface area (TPSA) is 0 Å². The molecule has 3 aromatic carbocycles. The van der Waals surface area contributed by atoms with E-state index in [1.165, 1.54) is 33.4 Å². The molecule has 0 nitrogen and oxygen atoms in total. The average molecular weight is 428 g/mol. The lowest BCUT2D eigenvalue weighted by molar-refractivity contribution is 0.660. The highest BCUT2D eigenvalue weighted by Gasteiger charge is 2.36.